The first kappa shape index (κ1) is 13.0. The van der Waals surface area contributed by atoms with E-state index in [-0.39, 0.29) is 5.71 Å². The minimum atomic E-state index is -0.468. The molecule has 5 heteroatoms. The quantitative estimate of drug-likeness (QED) is 0.521. The van der Waals surface area contributed by atoms with Gasteiger partial charge in [-0.15, -0.1) is 0 Å². The first-order chi connectivity index (χ1) is 9.11. The van der Waals surface area contributed by atoms with Crippen molar-refractivity contribution in [1.29, 1.82) is 0 Å². The Morgan fingerprint density at radius 2 is 2.11 bits per heavy atom. The van der Waals surface area contributed by atoms with Gasteiger partial charge in [0.2, 0.25) is 0 Å². The number of carbonyl (C=O) groups is 1. The number of hydrazone groups is 1. The predicted octanol–water partition coefficient (Wildman–Crippen LogP) is 2.50. The maximum atomic E-state index is 11.2. The molecule has 0 bridgehead atoms. The molecule has 1 heterocycles. The summed E-state index contributed by atoms with van der Waals surface area (Å²) in [6.45, 7) is 3.58. The summed E-state index contributed by atoms with van der Waals surface area (Å²) in [6, 6.07) is 9.75. The number of carbonyl (C=O) groups excluding carboxylic acids is 1. The van der Waals surface area contributed by atoms with E-state index in [1.54, 1.807) is 6.92 Å². The van der Waals surface area contributed by atoms with Gasteiger partial charge in [-0.3, -0.25) is 5.43 Å². The van der Waals surface area contributed by atoms with Crippen molar-refractivity contribution in [2.24, 2.45) is 5.10 Å². The maximum Gasteiger partial charge on any atom is 0.353 e. The molecule has 2 aromatic rings. The number of nitrogens with zero attached hydrogens (tertiary/aromatic N) is 2. The van der Waals surface area contributed by atoms with Crippen LogP contribution in [0.5, 0.6) is 0 Å². The Balaban J connectivity index is 2.29. The number of anilines is 1. The number of hydrogen-bond donors (Lipinski definition) is 1. The van der Waals surface area contributed by atoms with E-state index in [4.69, 9.17) is 0 Å². The highest BCUT2D eigenvalue weighted by atomic mass is 16.5. The molecule has 0 fully saturated rings. The topological polar surface area (TPSA) is 63.6 Å². The lowest BCUT2D eigenvalue weighted by molar-refractivity contribution is -0.132. The number of ether oxygens (including phenoxy) is 1. The molecule has 5 nitrogen and oxygen atoms in total. The number of benzene rings is 1. The van der Waals surface area contributed by atoms with Gasteiger partial charge >= 0.3 is 5.97 Å². The largest absolute Gasteiger partial charge is 0.464 e. The molecule has 0 saturated heterocycles. The van der Waals surface area contributed by atoms with Crippen LogP contribution in [-0.4, -0.2) is 23.8 Å². The van der Waals surface area contributed by atoms with Crippen LogP contribution in [0.1, 0.15) is 12.5 Å². The van der Waals surface area contributed by atoms with E-state index < -0.39 is 5.97 Å². The fraction of sp³-hybridized carbons (Fsp3) is 0.214. The highest BCUT2D eigenvalue weighted by Gasteiger charge is 2.05. The summed E-state index contributed by atoms with van der Waals surface area (Å²) in [5.74, 6) is 0.129. The number of esters is 1. The van der Waals surface area contributed by atoms with Crippen molar-refractivity contribution in [2.45, 2.75) is 13.8 Å². The first-order valence-electron chi connectivity index (χ1n) is 5.87. The van der Waals surface area contributed by atoms with E-state index in [0.29, 0.717) is 5.82 Å². The number of nitrogens with one attached hydrogen (secondary N) is 1. The van der Waals surface area contributed by atoms with Gasteiger partial charge in [0.15, 0.2) is 0 Å². The Labute approximate surface area is 111 Å². The Morgan fingerprint density at radius 1 is 1.37 bits per heavy atom. The summed E-state index contributed by atoms with van der Waals surface area (Å²) >= 11 is 0. The standard InChI is InChI=1S/C14H15N3O2/c1-9-8-13(17-16-10(2)14(18)19-3)15-12-7-5-4-6-11(9)12/h4-8H,1-3H3,(H,15,17)/b16-10+. The third-order valence-corrected chi connectivity index (χ3v) is 2.74. The molecule has 19 heavy (non-hydrogen) atoms. The Morgan fingerprint density at radius 3 is 2.84 bits per heavy atom. The second-order valence-electron chi connectivity index (χ2n) is 4.14. The molecular formula is C14H15N3O2. The highest BCUT2D eigenvalue weighted by Crippen LogP contribution is 2.19. The molecule has 0 atom stereocenters. The minimum Gasteiger partial charge on any atom is -0.464 e. The second kappa shape index (κ2) is 5.48. The van der Waals surface area contributed by atoms with E-state index in [9.17, 15) is 4.79 Å². The summed E-state index contributed by atoms with van der Waals surface area (Å²) in [7, 11) is 1.32. The lowest BCUT2D eigenvalue weighted by atomic mass is 10.1. The van der Waals surface area contributed by atoms with Crippen LogP contribution < -0.4 is 5.43 Å². The van der Waals surface area contributed by atoms with Crippen LogP contribution in [-0.2, 0) is 9.53 Å². The first-order valence-corrected chi connectivity index (χ1v) is 5.87. The van der Waals surface area contributed by atoms with Gasteiger partial charge in [-0.1, -0.05) is 18.2 Å². The molecule has 0 amide bonds. The van der Waals surface area contributed by atoms with Crippen LogP contribution in [0, 0.1) is 6.92 Å². The normalized spacial score (nSPS) is 11.4. The minimum absolute atomic E-state index is 0.245. The number of para-hydroxylation sites is 1. The summed E-state index contributed by atoms with van der Waals surface area (Å²) < 4.78 is 4.56. The average Bonchev–Trinajstić information content (AvgIpc) is 2.44. The average molecular weight is 257 g/mol. The van der Waals surface area contributed by atoms with Crippen LogP contribution in [0.3, 0.4) is 0 Å². The zero-order valence-corrected chi connectivity index (χ0v) is 11.1. The number of hydrogen-bond acceptors (Lipinski definition) is 5. The molecule has 0 aliphatic rings. The van der Waals surface area contributed by atoms with E-state index in [1.807, 2.05) is 37.3 Å². The number of fused-ring (bicyclic) bond motifs is 1. The van der Waals surface area contributed by atoms with Gasteiger partial charge < -0.3 is 4.74 Å². The summed E-state index contributed by atoms with van der Waals surface area (Å²) in [4.78, 5) is 15.6. The van der Waals surface area contributed by atoms with Crippen LogP contribution in [0.2, 0.25) is 0 Å². The SMILES string of the molecule is COC(=O)/C(C)=N/Nc1cc(C)c2ccccc2n1. The van der Waals surface area contributed by atoms with Crippen LogP contribution in [0.15, 0.2) is 35.4 Å². The number of rotatable bonds is 3. The Kier molecular flexibility index (Phi) is 3.75. The molecule has 1 N–H and O–H groups in total. The molecule has 0 aliphatic heterocycles. The molecule has 2 rings (SSSR count). The summed E-state index contributed by atoms with van der Waals surface area (Å²) in [6.07, 6.45) is 0. The van der Waals surface area contributed by atoms with Gasteiger partial charge in [0.05, 0.1) is 12.6 Å². The zero-order valence-electron chi connectivity index (χ0n) is 11.1. The van der Waals surface area contributed by atoms with Gasteiger partial charge in [-0.05, 0) is 31.5 Å². The summed E-state index contributed by atoms with van der Waals surface area (Å²) in [5, 5.41) is 5.04. The maximum absolute atomic E-state index is 11.2. The number of pyridine rings is 1. The van der Waals surface area contributed by atoms with Crippen molar-refractivity contribution >= 4 is 28.4 Å². The Hall–Kier alpha value is -2.43. The smallest absolute Gasteiger partial charge is 0.353 e. The third-order valence-electron chi connectivity index (χ3n) is 2.74. The van der Waals surface area contributed by atoms with Crippen molar-refractivity contribution < 1.29 is 9.53 Å². The van der Waals surface area contributed by atoms with Gasteiger partial charge in [0, 0.05) is 5.39 Å². The van der Waals surface area contributed by atoms with E-state index >= 15 is 0 Å². The van der Waals surface area contributed by atoms with Crippen molar-refractivity contribution in [2.75, 3.05) is 12.5 Å². The monoisotopic (exact) mass is 257 g/mol. The fourth-order valence-corrected chi connectivity index (χ4v) is 1.74. The van der Waals surface area contributed by atoms with Crippen molar-refractivity contribution in [1.82, 2.24) is 4.98 Å². The molecule has 0 unspecified atom stereocenters. The van der Waals surface area contributed by atoms with Gasteiger partial charge in [-0.25, -0.2) is 9.78 Å². The molecule has 98 valence electrons. The lowest BCUT2D eigenvalue weighted by Gasteiger charge is -2.06. The zero-order chi connectivity index (χ0) is 13.8. The Bertz CT molecular complexity index is 650. The molecule has 1 aromatic heterocycles. The fourth-order valence-electron chi connectivity index (χ4n) is 1.74. The van der Waals surface area contributed by atoms with Gasteiger partial charge in [0.25, 0.3) is 0 Å². The van der Waals surface area contributed by atoms with E-state index in [1.165, 1.54) is 7.11 Å². The highest BCUT2D eigenvalue weighted by molar-refractivity contribution is 6.35. The third kappa shape index (κ3) is 2.88. The van der Waals surface area contributed by atoms with Gasteiger partial charge in [-0.2, -0.15) is 5.10 Å². The predicted molar refractivity (Wildman–Crippen MR) is 75.2 cm³/mol. The van der Waals surface area contributed by atoms with E-state index in [2.05, 4.69) is 20.2 Å². The van der Waals surface area contributed by atoms with Crippen LogP contribution in [0.25, 0.3) is 10.9 Å². The number of aryl methyl sites for hydroxylation is 1. The van der Waals surface area contributed by atoms with Crippen LogP contribution in [0.4, 0.5) is 5.82 Å². The molecular weight excluding hydrogens is 242 g/mol. The van der Waals surface area contributed by atoms with Crippen molar-refractivity contribution in [3.05, 3.63) is 35.9 Å². The lowest BCUT2D eigenvalue weighted by Crippen LogP contribution is -2.13. The molecule has 0 spiro atoms. The molecule has 1 aromatic carbocycles. The molecule has 0 aliphatic carbocycles. The van der Waals surface area contributed by atoms with Crippen molar-refractivity contribution in [3.8, 4) is 0 Å². The summed E-state index contributed by atoms with van der Waals surface area (Å²) in [5.41, 5.74) is 5.00. The van der Waals surface area contributed by atoms with Gasteiger partial charge in [0.1, 0.15) is 11.5 Å². The van der Waals surface area contributed by atoms with Crippen molar-refractivity contribution in [3.63, 3.8) is 0 Å². The van der Waals surface area contributed by atoms with E-state index in [0.717, 1.165) is 16.5 Å². The second-order valence-corrected chi connectivity index (χ2v) is 4.14. The molecule has 0 radical (unpaired) electrons. The number of aromatic nitrogens is 1. The number of methoxy groups -OCH3 is 1. The van der Waals surface area contributed by atoms with Crippen LogP contribution >= 0.6 is 0 Å². The molecule has 0 saturated carbocycles.